The second kappa shape index (κ2) is 7.49. The van der Waals surface area contributed by atoms with Gasteiger partial charge in [-0.05, 0) is 36.6 Å². The van der Waals surface area contributed by atoms with Crippen molar-refractivity contribution in [2.45, 2.75) is 25.7 Å². The zero-order valence-corrected chi connectivity index (χ0v) is 13.1. The molecule has 1 saturated heterocycles. The summed E-state index contributed by atoms with van der Waals surface area (Å²) in [6, 6.07) is 7.04. The second-order valence-electron chi connectivity index (χ2n) is 5.05. The fraction of sp³-hybridized carbons (Fsp3) is 0.375. The van der Waals surface area contributed by atoms with E-state index in [4.69, 9.17) is 23.2 Å². The Bertz CT molecular complexity index is 597. The molecule has 0 aromatic heterocycles. The van der Waals surface area contributed by atoms with Crippen LogP contribution in [-0.2, 0) is 4.79 Å². The van der Waals surface area contributed by atoms with Gasteiger partial charge in [0, 0.05) is 13.1 Å². The molecule has 110 valence electrons. The van der Waals surface area contributed by atoms with E-state index in [1.165, 1.54) is 0 Å². The SMILES string of the molecule is N#C/C(=C\c1ccc(Cl)c(Cl)c1)C(=O)N1CCCCCC1. The van der Waals surface area contributed by atoms with Crippen LogP contribution in [0.3, 0.4) is 0 Å². The lowest BCUT2D eigenvalue weighted by Gasteiger charge is -2.19. The number of carbonyl (C=O) groups excluding carboxylic acids is 1. The van der Waals surface area contributed by atoms with Crippen LogP contribution in [0.5, 0.6) is 0 Å². The van der Waals surface area contributed by atoms with Crippen molar-refractivity contribution >= 4 is 35.2 Å². The maximum Gasteiger partial charge on any atom is 0.264 e. The predicted molar refractivity (Wildman–Crippen MR) is 85.1 cm³/mol. The summed E-state index contributed by atoms with van der Waals surface area (Å²) in [5.41, 5.74) is 0.833. The van der Waals surface area contributed by atoms with Crippen molar-refractivity contribution in [2.24, 2.45) is 0 Å². The van der Waals surface area contributed by atoms with Gasteiger partial charge in [-0.15, -0.1) is 0 Å². The molecule has 2 rings (SSSR count). The maximum absolute atomic E-state index is 12.4. The van der Waals surface area contributed by atoms with E-state index in [2.05, 4.69) is 0 Å². The Morgan fingerprint density at radius 1 is 1.14 bits per heavy atom. The van der Waals surface area contributed by atoms with Crippen molar-refractivity contribution in [3.05, 3.63) is 39.4 Å². The molecule has 5 heteroatoms. The van der Waals surface area contributed by atoms with Crippen molar-refractivity contribution < 1.29 is 4.79 Å². The molecule has 1 aliphatic heterocycles. The van der Waals surface area contributed by atoms with Crippen LogP contribution in [0, 0.1) is 11.3 Å². The molecule has 0 aliphatic carbocycles. The molecule has 0 saturated carbocycles. The van der Waals surface area contributed by atoms with Gasteiger partial charge in [0.15, 0.2) is 0 Å². The summed E-state index contributed by atoms with van der Waals surface area (Å²) in [7, 11) is 0. The van der Waals surface area contributed by atoms with Gasteiger partial charge in [0.05, 0.1) is 10.0 Å². The van der Waals surface area contributed by atoms with Crippen molar-refractivity contribution in [2.75, 3.05) is 13.1 Å². The molecule has 1 aliphatic rings. The number of hydrogen-bond donors (Lipinski definition) is 0. The molecule has 1 fully saturated rings. The lowest BCUT2D eigenvalue weighted by Crippen LogP contribution is -2.32. The second-order valence-corrected chi connectivity index (χ2v) is 5.86. The number of halogens is 2. The van der Waals surface area contributed by atoms with Crippen molar-refractivity contribution in [1.82, 2.24) is 4.90 Å². The highest BCUT2D eigenvalue weighted by molar-refractivity contribution is 6.42. The first-order chi connectivity index (χ1) is 10.1. The molecule has 0 radical (unpaired) electrons. The molecule has 21 heavy (non-hydrogen) atoms. The number of carbonyl (C=O) groups is 1. The predicted octanol–water partition coefficient (Wildman–Crippen LogP) is 4.30. The lowest BCUT2D eigenvalue weighted by molar-refractivity contribution is -0.126. The van der Waals surface area contributed by atoms with Crippen molar-refractivity contribution in [3.8, 4) is 6.07 Å². The Morgan fingerprint density at radius 2 is 1.81 bits per heavy atom. The number of nitrogens with zero attached hydrogens (tertiary/aromatic N) is 2. The highest BCUT2D eigenvalue weighted by Gasteiger charge is 2.19. The fourth-order valence-electron chi connectivity index (χ4n) is 2.35. The first kappa shape index (κ1) is 15.9. The maximum atomic E-state index is 12.4. The minimum Gasteiger partial charge on any atom is -0.338 e. The average Bonchev–Trinajstić information content (AvgIpc) is 2.77. The summed E-state index contributed by atoms with van der Waals surface area (Å²) < 4.78 is 0. The van der Waals surface area contributed by atoms with E-state index in [-0.39, 0.29) is 11.5 Å². The first-order valence-electron chi connectivity index (χ1n) is 6.98. The molecule has 3 nitrogen and oxygen atoms in total. The van der Waals surface area contributed by atoms with Crippen molar-refractivity contribution in [3.63, 3.8) is 0 Å². The number of amides is 1. The highest BCUT2D eigenvalue weighted by atomic mass is 35.5. The quantitative estimate of drug-likeness (QED) is 0.601. The lowest BCUT2D eigenvalue weighted by atomic mass is 10.1. The first-order valence-corrected chi connectivity index (χ1v) is 7.73. The van der Waals surface area contributed by atoms with Crippen LogP contribution >= 0.6 is 23.2 Å². The zero-order chi connectivity index (χ0) is 15.2. The van der Waals surface area contributed by atoms with E-state index in [9.17, 15) is 10.1 Å². The smallest absolute Gasteiger partial charge is 0.264 e. The van der Waals surface area contributed by atoms with Gasteiger partial charge in [-0.3, -0.25) is 4.79 Å². The summed E-state index contributed by atoms with van der Waals surface area (Å²) in [6.07, 6.45) is 5.84. The van der Waals surface area contributed by atoms with Gasteiger partial charge in [-0.25, -0.2) is 0 Å². The van der Waals surface area contributed by atoms with Gasteiger partial charge in [0.1, 0.15) is 11.6 Å². The van der Waals surface area contributed by atoms with Crippen LogP contribution in [0.15, 0.2) is 23.8 Å². The van der Waals surface area contributed by atoms with E-state index in [1.807, 2.05) is 6.07 Å². The summed E-state index contributed by atoms with van der Waals surface area (Å²) in [6.45, 7) is 1.44. The molecule has 1 amide bonds. The topological polar surface area (TPSA) is 44.1 Å². The van der Waals surface area contributed by atoms with Crippen LogP contribution < -0.4 is 0 Å². The Hall–Kier alpha value is -1.50. The molecule has 1 heterocycles. The molecular formula is C16H16Cl2N2O. The highest BCUT2D eigenvalue weighted by Crippen LogP contribution is 2.24. The van der Waals surface area contributed by atoms with Gasteiger partial charge < -0.3 is 4.90 Å². The Morgan fingerprint density at radius 3 is 2.38 bits per heavy atom. The van der Waals surface area contributed by atoms with Crippen LogP contribution in [0.4, 0.5) is 0 Å². The normalized spacial score (nSPS) is 16.2. The van der Waals surface area contributed by atoms with Crippen LogP contribution in [0.2, 0.25) is 10.0 Å². The van der Waals surface area contributed by atoms with E-state index in [1.54, 1.807) is 29.2 Å². The van der Waals surface area contributed by atoms with E-state index in [0.29, 0.717) is 15.6 Å². The average molecular weight is 323 g/mol. The van der Waals surface area contributed by atoms with Gasteiger partial charge in [0.2, 0.25) is 0 Å². The largest absolute Gasteiger partial charge is 0.338 e. The van der Waals surface area contributed by atoms with E-state index < -0.39 is 0 Å². The molecule has 0 N–H and O–H groups in total. The molecule has 0 bridgehead atoms. The van der Waals surface area contributed by atoms with Crippen LogP contribution in [-0.4, -0.2) is 23.9 Å². The Kier molecular flexibility index (Phi) is 5.67. The molecule has 1 aromatic rings. The number of likely N-dealkylation sites (tertiary alicyclic amines) is 1. The third-order valence-electron chi connectivity index (χ3n) is 3.50. The summed E-state index contributed by atoms with van der Waals surface area (Å²) in [5.74, 6) is -0.203. The third-order valence-corrected chi connectivity index (χ3v) is 4.24. The van der Waals surface area contributed by atoms with Gasteiger partial charge in [-0.1, -0.05) is 42.1 Å². The van der Waals surface area contributed by atoms with Gasteiger partial charge >= 0.3 is 0 Å². The minimum absolute atomic E-state index is 0.135. The third kappa shape index (κ3) is 4.23. The summed E-state index contributed by atoms with van der Waals surface area (Å²) >= 11 is 11.8. The standard InChI is InChI=1S/C16H16Cl2N2O/c17-14-6-5-12(10-15(14)18)9-13(11-19)16(21)20-7-3-1-2-4-8-20/h5-6,9-10H,1-4,7-8H2/b13-9+. The molecular weight excluding hydrogens is 307 g/mol. The van der Waals surface area contributed by atoms with E-state index in [0.717, 1.165) is 38.8 Å². The molecule has 0 unspecified atom stereocenters. The Labute approximate surface area is 134 Å². The molecule has 1 aromatic carbocycles. The monoisotopic (exact) mass is 322 g/mol. The van der Waals surface area contributed by atoms with Gasteiger partial charge in [0.25, 0.3) is 5.91 Å². The summed E-state index contributed by atoms with van der Waals surface area (Å²) in [5, 5.41) is 10.1. The number of nitriles is 1. The number of benzene rings is 1. The Balaban J connectivity index is 2.21. The van der Waals surface area contributed by atoms with Crippen molar-refractivity contribution in [1.29, 1.82) is 5.26 Å². The van der Waals surface area contributed by atoms with E-state index >= 15 is 0 Å². The zero-order valence-electron chi connectivity index (χ0n) is 11.6. The summed E-state index contributed by atoms with van der Waals surface area (Å²) in [4.78, 5) is 14.2. The number of rotatable bonds is 2. The van der Waals surface area contributed by atoms with Crippen LogP contribution in [0.25, 0.3) is 6.08 Å². The van der Waals surface area contributed by atoms with Gasteiger partial charge in [-0.2, -0.15) is 5.26 Å². The molecule has 0 atom stereocenters. The minimum atomic E-state index is -0.203. The van der Waals surface area contributed by atoms with Crippen LogP contribution in [0.1, 0.15) is 31.2 Å². The number of hydrogen-bond acceptors (Lipinski definition) is 2. The molecule has 0 spiro atoms. The fourth-order valence-corrected chi connectivity index (χ4v) is 2.66.